The second kappa shape index (κ2) is 14.3. The normalized spacial score (nSPS) is 19.3. The Labute approximate surface area is 186 Å². The first-order chi connectivity index (χ1) is 12.2. The summed E-state index contributed by atoms with van der Waals surface area (Å²) >= 11 is 0. The molecule has 162 valence electrons. The van der Waals surface area contributed by atoms with E-state index in [0.717, 1.165) is 39.3 Å². The van der Waals surface area contributed by atoms with Crippen molar-refractivity contribution < 1.29 is 14.3 Å². The number of nitrogens with one attached hydrogen (secondary N) is 1. The molecule has 2 fully saturated rings. The lowest BCUT2D eigenvalue weighted by atomic mass is 10.0. The molecule has 1 atom stereocenters. The molecule has 2 aliphatic rings. The van der Waals surface area contributed by atoms with E-state index in [-0.39, 0.29) is 56.0 Å². The van der Waals surface area contributed by atoms with Gasteiger partial charge in [0, 0.05) is 32.2 Å². The lowest BCUT2D eigenvalue weighted by Crippen LogP contribution is -2.55. The Balaban J connectivity index is 0.00000243. The van der Waals surface area contributed by atoms with Crippen LogP contribution in [0, 0.1) is 0 Å². The molecule has 2 heterocycles. The maximum absolute atomic E-state index is 12.0. The molecule has 0 spiro atoms. The average Bonchev–Trinajstić information content (AvgIpc) is 2.68. The van der Waals surface area contributed by atoms with Gasteiger partial charge in [-0.25, -0.2) is 4.79 Å². The fourth-order valence-electron chi connectivity index (χ4n) is 3.60. The van der Waals surface area contributed by atoms with Crippen LogP contribution in [0.1, 0.15) is 19.8 Å². The first-order valence-electron chi connectivity index (χ1n) is 9.28. The number of esters is 1. The van der Waals surface area contributed by atoms with Crippen molar-refractivity contribution in [2.45, 2.75) is 32.0 Å². The van der Waals surface area contributed by atoms with Crippen LogP contribution in [0.4, 0.5) is 0 Å². The smallest absolute Gasteiger partial charge is 0.345 e. The van der Waals surface area contributed by atoms with Crippen molar-refractivity contribution in [2.75, 3.05) is 45.9 Å². The summed E-state index contributed by atoms with van der Waals surface area (Å²) in [5, 5.41) is 3.42. The van der Waals surface area contributed by atoms with Crippen molar-refractivity contribution in [1.82, 2.24) is 15.1 Å². The van der Waals surface area contributed by atoms with Gasteiger partial charge in [0.15, 0.2) is 12.8 Å². The van der Waals surface area contributed by atoms with Gasteiger partial charge in [-0.3, -0.25) is 9.80 Å². The van der Waals surface area contributed by atoms with Crippen LogP contribution >= 0.6 is 37.2 Å². The van der Waals surface area contributed by atoms with E-state index in [9.17, 15) is 4.79 Å². The molecule has 0 amide bonds. The Morgan fingerprint density at radius 3 is 2.29 bits per heavy atom. The molecule has 0 saturated carbocycles. The Morgan fingerprint density at radius 2 is 1.68 bits per heavy atom. The van der Waals surface area contributed by atoms with Crippen LogP contribution in [0.2, 0.25) is 0 Å². The van der Waals surface area contributed by atoms with Crippen LogP contribution in [0.15, 0.2) is 30.3 Å². The lowest BCUT2D eigenvalue weighted by Gasteiger charge is -2.42. The number of carbonyl (C=O) groups excluding carboxylic acids is 1. The van der Waals surface area contributed by atoms with Crippen molar-refractivity contribution >= 4 is 43.2 Å². The highest BCUT2D eigenvalue weighted by molar-refractivity contribution is 5.86. The first-order valence-corrected chi connectivity index (χ1v) is 9.28. The molecule has 1 aromatic carbocycles. The Hall–Kier alpha value is -0.760. The van der Waals surface area contributed by atoms with Gasteiger partial charge in [-0.1, -0.05) is 18.2 Å². The maximum Gasteiger partial charge on any atom is 0.345 e. The maximum atomic E-state index is 12.0. The Morgan fingerprint density at radius 1 is 1.07 bits per heavy atom. The number of nitrogens with zero attached hydrogens (tertiary/aromatic N) is 2. The van der Waals surface area contributed by atoms with E-state index < -0.39 is 0 Å². The summed E-state index contributed by atoms with van der Waals surface area (Å²) in [4.78, 5) is 16.8. The van der Waals surface area contributed by atoms with E-state index in [1.165, 1.54) is 12.8 Å². The number of carbonyl (C=O) groups is 1. The molecule has 3 rings (SSSR count). The lowest BCUT2D eigenvalue weighted by molar-refractivity contribution is -0.161. The van der Waals surface area contributed by atoms with Crippen LogP contribution in [0.5, 0.6) is 5.75 Å². The number of piperazine rings is 1. The molecule has 0 aromatic heterocycles. The highest BCUT2D eigenvalue weighted by atomic mass is 35.5. The molecular formula is C19H32Cl3N3O3. The van der Waals surface area contributed by atoms with Gasteiger partial charge in [-0.2, -0.15) is 0 Å². The van der Waals surface area contributed by atoms with Crippen LogP contribution in [0.3, 0.4) is 0 Å². The fourth-order valence-corrected chi connectivity index (χ4v) is 3.60. The second-order valence-electron chi connectivity index (χ2n) is 6.74. The highest BCUT2D eigenvalue weighted by Gasteiger charge is 2.28. The topological polar surface area (TPSA) is 54.0 Å². The second-order valence-corrected chi connectivity index (χ2v) is 6.74. The molecule has 1 unspecified atom stereocenters. The molecule has 1 aromatic rings. The predicted molar refractivity (Wildman–Crippen MR) is 118 cm³/mol. The number of para-hydroxylation sites is 1. The minimum absolute atomic E-state index is 0. The summed E-state index contributed by atoms with van der Waals surface area (Å²) in [6.45, 7) is 8.13. The molecule has 0 aliphatic carbocycles. The minimum atomic E-state index is -0.322. The van der Waals surface area contributed by atoms with Gasteiger partial charge in [0.1, 0.15) is 5.75 Å². The summed E-state index contributed by atoms with van der Waals surface area (Å²) in [5.41, 5.74) is 0. The van der Waals surface area contributed by atoms with E-state index in [1.807, 2.05) is 37.3 Å². The number of hydrogen-bond donors (Lipinski definition) is 1. The Kier molecular flexibility index (Phi) is 13.9. The van der Waals surface area contributed by atoms with Crippen LogP contribution in [-0.2, 0) is 9.53 Å². The molecule has 1 N–H and O–H groups in total. The van der Waals surface area contributed by atoms with Crippen LogP contribution in [-0.4, -0.2) is 73.9 Å². The van der Waals surface area contributed by atoms with E-state index in [1.54, 1.807) is 0 Å². The van der Waals surface area contributed by atoms with E-state index in [0.29, 0.717) is 11.8 Å². The quantitative estimate of drug-likeness (QED) is 0.664. The number of ether oxygens (including phenoxy) is 2. The van der Waals surface area contributed by atoms with Crippen molar-refractivity contribution in [3.05, 3.63) is 30.3 Å². The third-order valence-corrected chi connectivity index (χ3v) is 5.09. The summed E-state index contributed by atoms with van der Waals surface area (Å²) < 4.78 is 11.0. The van der Waals surface area contributed by atoms with Gasteiger partial charge in [0.2, 0.25) is 0 Å². The zero-order valence-corrected chi connectivity index (χ0v) is 18.7. The van der Waals surface area contributed by atoms with Crippen molar-refractivity contribution in [1.29, 1.82) is 0 Å². The van der Waals surface area contributed by atoms with Gasteiger partial charge in [-0.05, 0) is 45.0 Å². The Bertz CT molecular complexity index is 540. The van der Waals surface area contributed by atoms with E-state index in [4.69, 9.17) is 9.47 Å². The molecule has 9 heteroatoms. The molecule has 6 nitrogen and oxygen atoms in total. The first kappa shape index (κ1) is 27.2. The third kappa shape index (κ3) is 8.31. The summed E-state index contributed by atoms with van der Waals surface area (Å²) in [6.07, 6.45) is 2.27. The molecule has 0 bridgehead atoms. The number of halogens is 3. The molecule has 28 heavy (non-hydrogen) atoms. The van der Waals surface area contributed by atoms with Crippen molar-refractivity contribution in [3.8, 4) is 5.75 Å². The number of piperidine rings is 1. The zero-order valence-electron chi connectivity index (χ0n) is 16.2. The standard InChI is InChI=1S/C19H29N3O3.3ClH/c1-16(25-19(23)15-24-18-5-3-2-4-6-18)21-11-13-22(14-12-21)17-7-9-20-10-8-17;;;/h2-6,16-17,20H,7-15H2,1H3;3*1H. The van der Waals surface area contributed by atoms with Crippen LogP contribution in [0.25, 0.3) is 0 Å². The summed E-state index contributed by atoms with van der Waals surface area (Å²) in [7, 11) is 0. The van der Waals surface area contributed by atoms with Crippen molar-refractivity contribution in [3.63, 3.8) is 0 Å². The monoisotopic (exact) mass is 455 g/mol. The highest BCUT2D eigenvalue weighted by Crippen LogP contribution is 2.16. The molecule has 0 radical (unpaired) electrons. The fraction of sp³-hybridized carbons (Fsp3) is 0.632. The van der Waals surface area contributed by atoms with Crippen molar-refractivity contribution in [2.24, 2.45) is 0 Å². The van der Waals surface area contributed by atoms with Gasteiger partial charge < -0.3 is 14.8 Å². The SMILES string of the molecule is CC(OC(=O)COc1ccccc1)N1CCN(C2CCNCC2)CC1.Cl.Cl.Cl. The van der Waals surface area contributed by atoms with Gasteiger partial charge in [-0.15, -0.1) is 37.2 Å². The van der Waals surface area contributed by atoms with Gasteiger partial charge in [0.05, 0.1) is 0 Å². The minimum Gasteiger partial charge on any atom is -0.482 e. The molecule has 2 saturated heterocycles. The summed E-state index contributed by atoms with van der Waals surface area (Å²) in [6, 6.07) is 10.0. The number of benzene rings is 1. The van der Waals surface area contributed by atoms with E-state index >= 15 is 0 Å². The van der Waals surface area contributed by atoms with Gasteiger partial charge >= 0.3 is 5.97 Å². The number of hydrogen-bond acceptors (Lipinski definition) is 6. The summed E-state index contributed by atoms with van der Waals surface area (Å²) in [5.74, 6) is 0.361. The number of rotatable bonds is 6. The van der Waals surface area contributed by atoms with E-state index in [2.05, 4.69) is 15.1 Å². The zero-order chi connectivity index (χ0) is 17.5. The van der Waals surface area contributed by atoms with Gasteiger partial charge in [0.25, 0.3) is 0 Å². The average molecular weight is 457 g/mol. The third-order valence-electron chi connectivity index (χ3n) is 5.09. The predicted octanol–water partition coefficient (Wildman–Crippen LogP) is 2.59. The molecule has 2 aliphatic heterocycles. The van der Waals surface area contributed by atoms with Crippen LogP contribution < -0.4 is 10.1 Å². The molecular weight excluding hydrogens is 425 g/mol. The largest absolute Gasteiger partial charge is 0.482 e.